The van der Waals surface area contributed by atoms with E-state index in [1.807, 2.05) is 0 Å². The smallest absolute Gasteiger partial charge is 0.0639 e. The minimum absolute atomic E-state index is 1.00. The van der Waals surface area contributed by atoms with Crippen LogP contribution in [0, 0.1) is 48.5 Å². The number of aromatic nitrogens is 1. The second-order valence-corrected chi connectivity index (χ2v) is 7.75. The van der Waals surface area contributed by atoms with Gasteiger partial charge in [-0.1, -0.05) is 35.9 Å². The van der Waals surface area contributed by atoms with E-state index in [1.54, 1.807) is 0 Å². The first-order chi connectivity index (χ1) is 12.8. The lowest BCUT2D eigenvalue weighted by atomic mass is 9.93. The number of aryl methyl sites for hydroxylation is 5. The van der Waals surface area contributed by atoms with Crippen LogP contribution in [0.2, 0.25) is 0 Å². The summed E-state index contributed by atoms with van der Waals surface area (Å²) < 4.78 is 0. The van der Waals surface area contributed by atoms with E-state index in [-0.39, 0.29) is 0 Å². The van der Waals surface area contributed by atoms with Crippen molar-refractivity contribution in [1.82, 2.24) is 4.98 Å². The van der Waals surface area contributed by atoms with Gasteiger partial charge in [-0.15, -0.1) is 0 Å². The first kappa shape index (κ1) is 19.1. The first-order valence-corrected chi connectivity index (χ1v) is 9.58. The van der Waals surface area contributed by atoms with Gasteiger partial charge in [-0.25, -0.2) is 0 Å². The number of pyridine rings is 1. The molecule has 1 heteroatoms. The molecule has 0 atom stereocenters. The Labute approximate surface area is 163 Å². The number of nitrogens with zero attached hydrogens (tertiary/aromatic N) is 1. The fraction of sp³-hybridized carbons (Fsp3) is 0.269. The third-order valence-corrected chi connectivity index (χ3v) is 5.50. The fourth-order valence-electron chi connectivity index (χ4n) is 3.83. The van der Waals surface area contributed by atoms with Crippen LogP contribution in [0.15, 0.2) is 36.4 Å². The largest absolute Gasteiger partial charge is 0.254 e. The summed E-state index contributed by atoms with van der Waals surface area (Å²) in [4.78, 5) is 4.73. The molecule has 3 aromatic rings. The zero-order chi connectivity index (χ0) is 19.7. The first-order valence-electron chi connectivity index (χ1n) is 9.58. The van der Waals surface area contributed by atoms with Crippen molar-refractivity contribution in [3.05, 3.63) is 86.7 Å². The van der Waals surface area contributed by atoms with Crippen molar-refractivity contribution in [3.63, 3.8) is 0 Å². The third-order valence-electron chi connectivity index (χ3n) is 5.50. The van der Waals surface area contributed by atoms with Gasteiger partial charge in [0, 0.05) is 5.69 Å². The summed E-state index contributed by atoms with van der Waals surface area (Å²) in [6.45, 7) is 15.1. The highest BCUT2D eigenvalue weighted by atomic mass is 14.7. The normalized spacial score (nSPS) is 11.4. The lowest BCUT2D eigenvalue weighted by Gasteiger charge is -2.13. The van der Waals surface area contributed by atoms with Crippen molar-refractivity contribution in [3.8, 4) is 11.1 Å². The molecular weight excluding hydrogens is 326 g/mol. The van der Waals surface area contributed by atoms with Crippen molar-refractivity contribution in [2.24, 2.45) is 0 Å². The Morgan fingerprint density at radius 2 is 1.33 bits per heavy atom. The zero-order valence-corrected chi connectivity index (χ0v) is 17.6. The molecule has 0 aliphatic carbocycles. The summed E-state index contributed by atoms with van der Waals surface area (Å²) in [5.41, 5.74) is 13.8. The monoisotopic (exact) mass is 355 g/mol. The molecule has 0 unspecified atom stereocenters. The van der Waals surface area contributed by atoms with E-state index in [9.17, 15) is 0 Å². The summed E-state index contributed by atoms with van der Waals surface area (Å²) >= 11 is 0. The number of benzene rings is 2. The van der Waals surface area contributed by atoms with Crippen LogP contribution in [0.5, 0.6) is 0 Å². The highest BCUT2D eigenvalue weighted by Crippen LogP contribution is 2.29. The van der Waals surface area contributed by atoms with Gasteiger partial charge in [-0.2, -0.15) is 0 Å². The maximum absolute atomic E-state index is 4.73. The van der Waals surface area contributed by atoms with Gasteiger partial charge >= 0.3 is 0 Å². The molecule has 0 saturated heterocycles. The maximum atomic E-state index is 4.73. The summed E-state index contributed by atoms with van der Waals surface area (Å²) in [7, 11) is 0. The molecule has 0 radical (unpaired) electrons. The summed E-state index contributed by atoms with van der Waals surface area (Å²) in [6, 6.07) is 13.3. The summed E-state index contributed by atoms with van der Waals surface area (Å²) in [5, 5.41) is 0. The molecule has 3 rings (SSSR count). The summed E-state index contributed by atoms with van der Waals surface area (Å²) in [6.07, 6.45) is 4.33. The molecule has 0 bridgehead atoms. The van der Waals surface area contributed by atoms with E-state index in [2.05, 4.69) is 97.0 Å². The Morgan fingerprint density at radius 1 is 0.667 bits per heavy atom. The van der Waals surface area contributed by atoms with Crippen LogP contribution >= 0.6 is 0 Å². The van der Waals surface area contributed by atoms with Gasteiger partial charge in [0.1, 0.15) is 0 Å². The maximum Gasteiger partial charge on any atom is 0.0639 e. The molecule has 1 heterocycles. The molecular formula is C26H29N. The van der Waals surface area contributed by atoms with E-state index in [0.717, 1.165) is 11.4 Å². The Hall–Kier alpha value is -2.67. The Bertz CT molecular complexity index is 1020. The predicted octanol–water partition coefficient (Wildman–Crippen LogP) is 7.08. The van der Waals surface area contributed by atoms with Crippen LogP contribution in [-0.4, -0.2) is 4.98 Å². The van der Waals surface area contributed by atoms with Crippen LogP contribution in [-0.2, 0) is 0 Å². The average molecular weight is 356 g/mol. The van der Waals surface area contributed by atoms with Gasteiger partial charge < -0.3 is 0 Å². The molecule has 0 spiro atoms. The number of hydrogen-bond acceptors (Lipinski definition) is 1. The number of rotatable bonds is 3. The molecule has 1 aromatic heterocycles. The minimum Gasteiger partial charge on any atom is -0.254 e. The Kier molecular flexibility index (Phi) is 5.32. The second-order valence-electron chi connectivity index (χ2n) is 7.75. The van der Waals surface area contributed by atoms with Crippen LogP contribution in [0.25, 0.3) is 23.3 Å². The van der Waals surface area contributed by atoms with Crippen molar-refractivity contribution in [1.29, 1.82) is 0 Å². The SMILES string of the molecule is Cc1cc(C)c(C=Cc2cc(-c3ccc(C)c(C)c3C)cc(C)n2)c(C)c1. The zero-order valence-electron chi connectivity index (χ0n) is 17.6. The minimum atomic E-state index is 1.00. The molecule has 27 heavy (non-hydrogen) atoms. The van der Waals surface area contributed by atoms with E-state index in [1.165, 1.54) is 50.1 Å². The van der Waals surface area contributed by atoms with E-state index in [4.69, 9.17) is 4.98 Å². The van der Waals surface area contributed by atoms with Gasteiger partial charge in [0.25, 0.3) is 0 Å². The molecule has 0 aliphatic rings. The lowest BCUT2D eigenvalue weighted by molar-refractivity contribution is 1.18. The van der Waals surface area contributed by atoms with Crippen molar-refractivity contribution >= 4 is 12.2 Å². The average Bonchev–Trinajstić information content (AvgIpc) is 2.58. The van der Waals surface area contributed by atoms with Gasteiger partial charge in [0.15, 0.2) is 0 Å². The van der Waals surface area contributed by atoms with Crippen LogP contribution in [0.4, 0.5) is 0 Å². The molecule has 0 aliphatic heterocycles. The standard InChI is InChI=1S/C26H29N/c1-16-12-18(3)25(19(4)13-16)11-9-24-15-23(14-20(5)27-24)26-10-8-17(2)21(6)22(26)7/h8-15H,1-7H3. The number of hydrogen-bond donors (Lipinski definition) is 0. The Morgan fingerprint density at radius 3 is 2.00 bits per heavy atom. The Balaban J connectivity index is 2.04. The van der Waals surface area contributed by atoms with Crippen LogP contribution in [0.3, 0.4) is 0 Å². The topological polar surface area (TPSA) is 12.9 Å². The molecule has 0 N–H and O–H groups in total. The van der Waals surface area contributed by atoms with Crippen molar-refractivity contribution in [2.75, 3.05) is 0 Å². The van der Waals surface area contributed by atoms with Crippen molar-refractivity contribution < 1.29 is 0 Å². The summed E-state index contributed by atoms with van der Waals surface area (Å²) in [5.74, 6) is 0. The second kappa shape index (κ2) is 7.52. The highest BCUT2D eigenvalue weighted by molar-refractivity contribution is 5.76. The molecule has 0 fully saturated rings. The molecule has 138 valence electrons. The quantitative estimate of drug-likeness (QED) is 0.489. The molecule has 0 saturated carbocycles. The lowest BCUT2D eigenvalue weighted by Crippen LogP contribution is -1.94. The van der Waals surface area contributed by atoms with E-state index >= 15 is 0 Å². The highest BCUT2D eigenvalue weighted by Gasteiger charge is 2.08. The fourth-order valence-corrected chi connectivity index (χ4v) is 3.83. The van der Waals surface area contributed by atoms with Crippen molar-refractivity contribution in [2.45, 2.75) is 48.5 Å². The molecule has 0 amide bonds. The van der Waals surface area contributed by atoms with Gasteiger partial charge in [-0.3, -0.25) is 4.98 Å². The van der Waals surface area contributed by atoms with E-state index in [0.29, 0.717) is 0 Å². The third kappa shape index (κ3) is 4.03. The van der Waals surface area contributed by atoms with Crippen LogP contribution < -0.4 is 0 Å². The predicted molar refractivity (Wildman–Crippen MR) is 118 cm³/mol. The molecule has 1 nitrogen and oxygen atoms in total. The van der Waals surface area contributed by atoms with Gasteiger partial charge in [0.2, 0.25) is 0 Å². The van der Waals surface area contributed by atoms with Crippen LogP contribution in [0.1, 0.15) is 50.3 Å². The molecule has 2 aromatic carbocycles. The van der Waals surface area contributed by atoms with E-state index < -0.39 is 0 Å². The van der Waals surface area contributed by atoms with Gasteiger partial charge in [0.05, 0.1) is 5.69 Å². The van der Waals surface area contributed by atoms with Gasteiger partial charge in [-0.05, 0) is 111 Å².